The zero-order valence-electron chi connectivity index (χ0n) is 24.9. The Morgan fingerprint density at radius 1 is 0.867 bits per heavy atom. The largest absolute Gasteiger partial charge is 0.493 e. The fourth-order valence-corrected chi connectivity index (χ4v) is 6.30. The number of likely N-dealkylation sites (N-methyl/N-ethyl adjacent to an activating group) is 1. The second-order valence-electron chi connectivity index (χ2n) is 9.97. The number of rotatable bonds is 13. The molecule has 0 spiro atoms. The molecular formula is C33H33ClFN3O6S. The maximum atomic E-state index is 14.3. The second-order valence-corrected chi connectivity index (χ2v) is 12.3. The van der Waals surface area contributed by atoms with Gasteiger partial charge in [-0.3, -0.25) is 13.9 Å². The van der Waals surface area contributed by atoms with Crippen LogP contribution in [0, 0.1) is 5.82 Å². The maximum absolute atomic E-state index is 14.3. The zero-order valence-corrected chi connectivity index (χ0v) is 26.5. The molecule has 0 radical (unpaired) electrons. The van der Waals surface area contributed by atoms with Gasteiger partial charge in [0, 0.05) is 31.1 Å². The molecule has 0 saturated heterocycles. The number of amides is 2. The van der Waals surface area contributed by atoms with Gasteiger partial charge in [-0.15, -0.1) is 0 Å². The van der Waals surface area contributed by atoms with Crippen molar-refractivity contribution in [3.8, 4) is 11.5 Å². The summed E-state index contributed by atoms with van der Waals surface area (Å²) in [6.45, 7) is -0.753. The Bertz CT molecular complexity index is 1720. The summed E-state index contributed by atoms with van der Waals surface area (Å²) in [4.78, 5) is 28.8. The molecule has 0 bridgehead atoms. The Morgan fingerprint density at radius 3 is 2.11 bits per heavy atom. The third-order valence-corrected chi connectivity index (χ3v) is 9.14. The molecule has 0 aliphatic carbocycles. The van der Waals surface area contributed by atoms with Crippen molar-refractivity contribution >= 4 is 39.1 Å². The quantitative estimate of drug-likeness (QED) is 0.216. The monoisotopic (exact) mass is 653 g/mol. The van der Waals surface area contributed by atoms with Crippen LogP contribution in [-0.2, 0) is 32.6 Å². The molecular weight excluding hydrogens is 621 g/mol. The van der Waals surface area contributed by atoms with Crippen LogP contribution in [0.1, 0.15) is 11.1 Å². The summed E-state index contributed by atoms with van der Waals surface area (Å²) in [6, 6.07) is 23.8. The number of ether oxygens (including phenoxy) is 2. The highest BCUT2D eigenvalue weighted by Gasteiger charge is 2.34. The molecule has 0 fully saturated rings. The predicted octanol–water partition coefficient (Wildman–Crippen LogP) is 5.08. The number of nitrogens with zero attached hydrogens (tertiary/aromatic N) is 2. The number of anilines is 1. The Labute approximate surface area is 267 Å². The van der Waals surface area contributed by atoms with E-state index in [9.17, 15) is 22.4 Å². The Kier molecular flexibility index (Phi) is 11.0. The molecule has 4 aromatic carbocycles. The van der Waals surface area contributed by atoms with Gasteiger partial charge < -0.3 is 19.7 Å². The van der Waals surface area contributed by atoms with Crippen LogP contribution in [-0.4, -0.2) is 59.0 Å². The minimum atomic E-state index is -4.38. The molecule has 4 rings (SSSR count). The number of benzene rings is 4. The number of nitrogens with one attached hydrogen (secondary N) is 1. The van der Waals surface area contributed by atoms with Crippen LogP contribution >= 0.6 is 11.6 Å². The summed E-state index contributed by atoms with van der Waals surface area (Å²) in [6.07, 6.45) is 0.150. The fraction of sp³-hybridized carbons (Fsp3) is 0.212. The molecule has 0 aliphatic rings. The zero-order chi connectivity index (χ0) is 32.6. The van der Waals surface area contributed by atoms with Crippen molar-refractivity contribution in [3.05, 3.63) is 119 Å². The summed E-state index contributed by atoms with van der Waals surface area (Å²) in [5.74, 6) is -1.07. The summed E-state index contributed by atoms with van der Waals surface area (Å²) in [5.41, 5.74) is 1.51. The topological polar surface area (TPSA) is 105 Å². The van der Waals surface area contributed by atoms with E-state index in [4.69, 9.17) is 21.1 Å². The van der Waals surface area contributed by atoms with Crippen molar-refractivity contribution < 1.29 is 31.9 Å². The van der Waals surface area contributed by atoms with Crippen LogP contribution in [0.5, 0.6) is 11.5 Å². The number of halogens is 2. The van der Waals surface area contributed by atoms with E-state index in [1.165, 1.54) is 92.9 Å². The van der Waals surface area contributed by atoms with E-state index >= 15 is 0 Å². The van der Waals surface area contributed by atoms with Crippen molar-refractivity contribution in [2.75, 3.05) is 32.1 Å². The normalized spacial score (nSPS) is 11.8. The molecule has 4 aromatic rings. The van der Waals surface area contributed by atoms with Crippen LogP contribution in [0.25, 0.3) is 0 Å². The van der Waals surface area contributed by atoms with Crippen LogP contribution in [0.4, 0.5) is 10.1 Å². The number of sulfonamides is 1. The van der Waals surface area contributed by atoms with E-state index in [1.54, 1.807) is 0 Å². The average molecular weight is 654 g/mol. The van der Waals surface area contributed by atoms with E-state index in [1.807, 2.05) is 30.3 Å². The fourth-order valence-electron chi connectivity index (χ4n) is 4.75. The molecule has 0 saturated carbocycles. The number of hydrogen-bond acceptors (Lipinski definition) is 6. The van der Waals surface area contributed by atoms with E-state index < -0.39 is 40.2 Å². The molecule has 236 valence electrons. The van der Waals surface area contributed by atoms with E-state index in [-0.39, 0.29) is 29.3 Å². The molecule has 1 N–H and O–H groups in total. The van der Waals surface area contributed by atoms with Crippen LogP contribution < -0.4 is 19.1 Å². The van der Waals surface area contributed by atoms with Gasteiger partial charge >= 0.3 is 0 Å². The van der Waals surface area contributed by atoms with Gasteiger partial charge in [0.05, 0.1) is 24.8 Å². The van der Waals surface area contributed by atoms with E-state index in [0.717, 1.165) is 9.87 Å². The van der Waals surface area contributed by atoms with Gasteiger partial charge in [-0.2, -0.15) is 0 Å². The number of carbonyl (C=O) groups excluding carboxylic acids is 2. The third-order valence-electron chi connectivity index (χ3n) is 7.12. The minimum absolute atomic E-state index is 0.0884. The molecule has 0 unspecified atom stereocenters. The number of hydrogen-bond donors (Lipinski definition) is 1. The maximum Gasteiger partial charge on any atom is 0.264 e. The Hall–Kier alpha value is -4.61. The molecule has 0 heterocycles. The van der Waals surface area contributed by atoms with Gasteiger partial charge in [-0.1, -0.05) is 54.1 Å². The third kappa shape index (κ3) is 8.11. The smallest absolute Gasteiger partial charge is 0.264 e. The van der Waals surface area contributed by atoms with Crippen molar-refractivity contribution in [1.29, 1.82) is 0 Å². The first-order valence-corrected chi connectivity index (χ1v) is 15.7. The molecule has 0 aromatic heterocycles. The molecule has 9 nitrogen and oxygen atoms in total. The van der Waals surface area contributed by atoms with Gasteiger partial charge in [-0.25, -0.2) is 12.8 Å². The molecule has 12 heteroatoms. The lowest BCUT2D eigenvalue weighted by Gasteiger charge is -2.33. The highest BCUT2D eigenvalue weighted by molar-refractivity contribution is 7.92. The second kappa shape index (κ2) is 14.9. The first kappa shape index (κ1) is 33.3. The minimum Gasteiger partial charge on any atom is -0.493 e. The summed E-state index contributed by atoms with van der Waals surface area (Å²) in [5, 5.41) is 2.99. The molecule has 45 heavy (non-hydrogen) atoms. The van der Waals surface area contributed by atoms with Crippen LogP contribution in [0.15, 0.2) is 102 Å². The highest BCUT2D eigenvalue weighted by Crippen LogP contribution is 2.33. The molecule has 0 aliphatic heterocycles. The van der Waals surface area contributed by atoms with Gasteiger partial charge in [0.2, 0.25) is 11.8 Å². The Morgan fingerprint density at radius 2 is 1.51 bits per heavy atom. The van der Waals surface area contributed by atoms with Gasteiger partial charge in [-0.05, 0) is 59.7 Å². The average Bonchev–Trinajstić information content (AvgIpc) is 3.06. The highest BCUT2D eigenvalue weighted by atomic mass is 35.5. The van der Waals surface area contributed by atoms with Crippen molar-refractivity contribution in [2.24, 2.45) is 0 Å². The molecule has 1 atom stereocenters. The lowest BCUT2D eigenvalue weighted by Crippen LogP contribution is -2.53. The van der Waals surface area contributed by atoms with Crippen LogP contribution in [0.3, 0.4) is 0 Å². The van der Waals surface area contributed by atoms with Crippen molar-refractivity contribution in [1.82, 2.24) is 10.2 Å². The first-order chi connectivity index (χ1) is 21.6. The molecule has 2 amide bonds. The number of methoxy groups -OCH3 is 2. The summed E-state index contributed by atoms with van der Waals surface area (Å²) in [7, 11) is -0.112. The van der Waals surface area contributed by atoms with Crippen LogP contribution in [0.2, 0.25) is 5.02 Å². The van der Waals surface area contributed by atoms with Crippen molar-refractivity contribution in [2.45, 2.75) is 23.9 Å². The summed E-state index contributed by atoms with van der Waals surface area (Å²) < 4.78 is 53.7. The number of carbonyl (C=O) groups is 2. The Balaban J connectivity index is 1.80. The van der Waals surface area contributed by atoms with E-state index in [0.29, 0.717) is 16.3 Å². The van der Waals surface area contributed by atoms with Crippen molar-refractivity contribution in [3.63, 3.8) is 0 Å². The standard InChI is InChI=1S/C33H33ClFN3O6S/c1-36-33(40)29(19-23-7-5-4-6-8-23)37(21-24-9-13-26(35)14-10-24)32(39)22-38(27-15-11-25(34)12-16-27)45(41,42)28-17-18-30(43-2)31(20-28)44-3/h4-18,20,29H,19,21-22H2,1-3H3,(H,36,40)/t29-/m1/s1. The first-order valence-electron chi connectivity index (χ1n) is 13.9. The van der Waals surface area contributed by atoms with Gasteiger partial charge in [0.25, 0.3) is 10.0 Å². The predicted molar refractivity (Wildman–Crippen MR) is 170 cm³/mol. The van der Waals surface area contributed by atoms with E-state index in [2.05, 4.69) is 5.32 Å². The van der Waals surface area contributed by atoms with Gasteiger partial charge in [0.15, 0.2) is 11.5 Å². The SMILES string of the molecule is CNC(=O)[C@@H](Cc1ccccc1)N(Cc1ccc(F)cc1)C(=O)CN(c1ccc(Cl)cc1)S(=O)(=O)c1ccc(OC)c(OC)c1. The summed E-state index contributed by atoms with van der Waals surface area (Å²) >= 11 is 6.10. The van der Waals surface area contributed by atoms with Gasteiger partial charge in [0.1, 0.15) is 18.4 Å². The lowest BCUT2D eigenvalue weighted by molar-refractivity contribution is -0.139. The lowest BCUT2D eigenvalue weighted by atomic mass is 10.0.